The van der Waals surface area contributed by atoms with E-state index in [2.05, 4.69) is 179 Å². The first-order chi connectivity index (χ1) is 23.7. The molecule has 1 aliphatic carbocycles. The summed E-state index contributed by atoms with van der Waals surface area (Å²) in [6.45, 7) is 28.1. The average molecular weight is 652 g/mol. The number of hydrogen-bond acceptors (Lipinski definition) is 0. The van der Waals surface area contributed by atoms with Gasteiger partial charge in [0.2, 0.25) is 6.71 Å². The maximum absolute atomic E-state index is 2.83. The second-order valence-corrected chi connectivity index (χ2v) is 16.8. The molecular formula is C47H51B2N. The van der Waals surface area contributed by atoms with Gasteiger partial charge in [-0.25, -0.2) is 0 Å². The monoisotopic (exact) mass is 651 g/mol. The highest BCUT2D eigenvalue weighted by Gasteiger charge is 2.88. The van der Waals surface area contributed by atoms with Gasteiger partial charge in [-0.2, -0.15) is 0 Å². The van der Waals surface area contributed by atoms with Crippen LogP contribution >= 0.6 is 0 Å². The van der Waals surface area contributed by atoms with Gasteiger partial charge >= 0.3 is 6.28 Å². The fraction of sp³-hybridized carbons (Fsp3) is 0.298. The highest BCUT2D eigenvalue weighted by atomic mass is 15.0. The van der Waals surface area contributed by atoms with Crippen LogP contribution in [0.1, 0.15) is 76.4 Å². The Morgan fingerprint density at radius 3 is 1.64 bits per heavy atom. The third kappa shape index (κ3) is 3.95. The van der Waals surface area contributed by atoms with Gasteiger partial charge in [-0.15, -0.1) is 11.5 Å². The molecule has 2 aliphatic heterocycles. The SMILES string of the molecule is CC1=CC2(C)[B-]3(c4c(C)cc(C)cc4C)[n+]4cc(B(c5c(C)cc(C)cc5C)c5c(C)cc(C)cc5C)ccc4-c4ccccc4C32C(C)=C1. The predicted molar refractivity (Wildman–Crippen MR) is 217 cm³/mol. The Labute approximate surface area is 301 Å². The number of nitrogens with zero attached hydrogens (tertiary/aromatic N) is 1. The van der Waals surface area contributed by atoms with Crippen LogP contribution in [0.5, 0.6) is 0 Å². The molecular weight excluding hydrogens is 600 g/mol. The summed E-state index contributed by atoms with van der Waals surface area (Å²) in [5.74, 6) is 0. The molecule has 250 valence electrons. The molecule has 1 fully saturated rings. The molecule has 3 aliphatic rings. The van der Waals surface area contributed by atoms with Crippen molar-refractivity contribution in [3.63, 3.8) is 0 Å². The minimum absolute atomic E-state index is 0.105. The number of aromatic nitrogens is 1. The fourth-order valence-electron chi connectivity index (χ4n) is 12.6. The van der Waals surface area contributed by atoms with Crippen molar-refractivity contribution in [2.45, 2.75) is 93.7 Å². The Hall–Kier alpha value is -4.36. The van der Waals surface area contributed by atoms with Crippen molar-refractivity contribution in [2.24, 2.45) is 0 Å². The molecule has 1 saturated heterocycles. The summed E-state index contributed by atoms with van der Waals surface area (Å²) in [6.07, 6.45) is 6.37. The first-order valence-corrected chi connectivity index (χ1v) is 18.6. The van der Waals surface area contributed by atoms with Crippen LogP contribution in [0.2, 0.25) is 5.31 Å². The van der Waals surface area contributed by atoms with Crippen LogP contribution in [-0.4, -0.2) is 13.0 Å². The molecule has 4 aromatic carbocycles. The van der Waals surface area contributed by atoms with Crippen LogP contribution in [0, 0.1) is 62.3 Å². The van der Waals surface area contributed by atoms with Gasteiger partial charge in [0.25, 0.3) is 0 Å². The number of benzene rings is 4. The largest absolute Gasteiger partial charge is 0.415 e. The summed E-state index contributed by atoms with van der Waals surface area (Å²) in [5, 5.41) is -0.253. The minimum atomic E-state index is -1.38. The number of aryl methyl sites for hydroxylation is 9. The topological polar surface area (TPSA) is 3.88 Å². The van der Waals surface area contributed by atoms with Gasteiger partial charge in [-0.1, -0.05) is 162 Å². The van der Waals surface area contributed by atoms with E-state index in [1.807, 2.05) is 0 Å². The van der Waals surface area contributed by atoms with Gasteiger partial charge in [-0.05, 0) is 87.7 Å². The number of pyridine rings is 1. The summed E-state index contributed by atoms with van der Waals surface area (Å²) >= 11 is 0. The van der Waals surface area contributed by atoms with Crippen LogP contribution in [0.25, 0.3) is 11.3 Å². The highest BCUT2D eigenvalue weighted by Crippen LogP contribution is 2.81. The van der Waals surface area contributed by atoms with E-state index in [1.165, 1.54) is 99.9 Å². The molecule has 3 atom stereocenters. The lowest BCUT2D eigenvalue weighted by Gasteiger charge is -2.39. The third-order valence-electron chi connectivity index (χ3n) is 13.4. The van der Waals surface area contributed by atoms with Gasteiger partial charge < -0.3 is 4.48 Å². The fourth-order valence-corrected chi connectivity index (χ4v) is 12.6. The van der Waals surface area contributed by atoms with Crippen molar-refractivity contribution in [2.75, 3.05) is 0 Å². The molecule has 1 nitrogen and oxygen atoms in total. The lowest BCUT2D eigenvalue weighted by atomic mass is 9.32. The summed E-state index contributed by atoms with van der Waals surface area (Å²) in [7, 11) is 0. The van der Waals surface area contributed by atoms with E-state index in [9.17, 15) is 0 Å². The molecule has 0 bridgehead atoms. The van der Waals surface area contributed by atoms with Crippen LogP contribution in [0.4, 0.5) is 0 Å². The van der Waals surface area contributed by atoms with Crippen molar-refractivity contribution < 1.29 is 4.48 Å². The number of allylic oxidation sites excluding steroid dienone is 4. The van der Waals surface area contributed by atoms with Crippen LogP contribution in [0.15, 0.2) is 102 Å². The van der Waals surface area contributed by atoms with E-state index < -0.39 is 6.28 Å². The van der Waals surface area contributed by atoms with Crippen LogP contribution < -0.4 is 26.3 Å². The number of hydrogen-bond donors (Lipinski definition) is 0. The lowest BCUT2D eigenvalue weighted by Crippen LogP contribution is -2.72. The molecule has 0 amide bonds. The Balaban J connectivity index is 1.54. The summed E-state index contributed by atoms with van der Waals surface area (Å²) < 4.78 is 2.83. The Bertz CT molecular complexity index is 2250. The Kier molecular flexibility index (Phi) is 7.10. The van der Waals surface area contributed by atoms with E-state index in [-0.39, 0.29) is 17.3 Å². The quantitative estimate of drug-likeness (QED) is 0.173. The summed E-state index contributed by atoms with van der Waals surface area (Å²) in [6, 6.07) is 28.6. The predicted octanol–water partition coefficient (Wildman–Crippen LogP) is 8.10. The summed E-state index contributed by atoms with van der Waals surface area (Å²) in [5.41, 5.74) is 25.1. The second kappa shape index (κ2) is 10.8. The first-order valence-electron chi connectivity index (χ1n) is 18.6. The van der Waals surface area contributed by atoms with E-state index >= 15 is 0 Å². The standard InChI is InChI=1S/C47H51B2N/c1-28-19-32(5)43(33(6)20-28)48(44-34(7)21-29(2)22-35(44)8)39-17-18-42-40-15-13-14-16-41(40)47-38(11)25-31(4)26-46(47,12)49(47,50(42)27-39)45-36(9)23-30(3)24-37(45)10/h13-27H,1-12H3. The minimum Gasteiger partial charge on any atom is -0.415 e. The van der Waals surface area contributed by atoms with E-state index in [1.54, 1.807) is 0 Å². The molecule has 3 unspecified atom stereocenters. The average Bonchev–Trinajstić information content (AvgIpc) is 3.53. The zero-order chi connectivity index (χ0) is 35.7. The van der Waals surface area contributed by atoms with Crippen molar-refractivity contribution in [3.8, 4) is 11.3 Å². The van der Waals surface area contributed by atoms with E-state index in [0.29, 0.717) is 0 Å². The highest BCUT2D eigenvalue weighted by molar-refractivity contribution is 7.03. The molecule has 0 N–H and O–H groups in total. The van der Waals surface area contributed by atoms with E-state index in [4.69, 9.17) is 0 Å². The molecule has 3 heterocycles. The van der Waals surface area contributed by atoms with Crippen molar-refractivity contribution >= 4 is 34.8 Å². The summed E-state index contributed by atoms with van der Waals surface area (Å²) in [4.78, 5) is 0. The molecule has 5 aromatic rings. The third-order valence-corrected chi connectivity index (χ3v) is 13.4. The van der Waals surface area contributed by atoms with Crippen LogP contribution in [-0.2, 0) is 5.31 Å². The molecule has 0 saturated carbocycles. The lowest BCUT2D eigenvalue weighted by molar-refractivity contribution is -0.529. The first kappa shape index (κ1) is 32.8. The van der Waals surface area contributed by atoms with Gasteiger partial charge in [0, 0.05) is 11.6 Å². The van der Waals surface area contributed by atoms with Crippen molar-refractivity contribution in [1.82, 2.24) is 0 Å². The Morgan fingerprint density at radius 1 is 0.600 bits per heavy atom. The van der Waals surface area contributed by atoms with E-state index in [0.717, 1.165) is 0 Å². The molecule has 1 aromatic heterocycles. The molecule has 50 heavy (non-hydrogen) atoms. The zero-order valence-electron chi connectivity index (χ0n) is 32.3. The Morgan fingerprint density at radius 2 is 1.10 bits per heavy atom. The molecule has 3 heteroatoms. The molecule has 8 rings (SSSR count). The number of rotatable bonds is 4. The van der Waals surface area contributed by atoms with Gasteiger partial charge in [-0.3, -0.25) is 0 Å². The van der Waals surface area contributed by atoms with Gasteiger partial charge in [0.15, 0.2) is 5.69 Å². The normalized spacial score (nSPS) is 22.9. The maximum atomic E-state index is 2.83. The molecule has 1 spiro atoms. The zero-order valence-corrected chi connectivity index (χ0v) is 32.3. The van der Waals surface area contributed by atoms with Crippen molar-refractivity contribution in [3.05, 3.63) is 158 Å². The van der Waals surface area contributed by atoms with Gasteiger partial charge in [0.05, 0.1) is 0 Å². The smallest absolute Gasteiger partial charge is 0.325 e. The maximum Gasteiger partial charge on any atom is 0.325 e. The van der Waals surface area contributed by atoms with Crippen molar-refractivity contribution in [1.29, 1.82) is 0 Å². The second-order valence-electron chi connectivity index (χ2n) is 16.8. The van der Waals surface area contributed by atoms with Gasteiger partial charge in [0.1, 0.15) is 6.20 Å². The number of fused-ring (bicyclic) bond motifs is 5. The molecule has 0 radical (unpaired) electrons. The van der Waals surface area contributed by atoms with Crippen LogP contribution in [0.3, 0.4) is 0 Å².